The molecule has 0 radical (unpaired) electrons. The molecule has 0 saturated carbocycles. The first-order valence-electron chi connectivity index (χ1n) is 13.6. The summed E-state index contributed by atoms with van der Waals surface area (Å²) in [7, 11) is -4.95. The molecule has 44 heavy (non-hydrogen) atoms. The van der Waals surface area contributed by atoms with Gasteiger partial charge in [-0.2, -0.15) is 12.7 Å². The van der Waals surface area contributed by atoms with E-state index in [4.69, 9.17) is 0 Å². The molecular weight excluding hydrogens is 616 g/mol. The highest BCUT2D eigenvalue weighted by atomic mass is 32.2. The highest BCUT2D eigenvalue weighted by Crippen LogP contribution is 2.33. The molecule has 5 rings (SSSR count). The second-order valence-electron chi connectivity index (χ2n) is 10.4. The van der Waals surface area contributed by atoms with Crippen LogP contribution in [0.25, 0.3) is 22.2 Å². The molecule has 4 heterocycles. The van der Waals surface area contributed by atoms with Crippen LogP contribution in [0.4, 0.5) is 20.3 Å². The van der Waals surface area contributed by atoms with E-state index < -0.39 is 48.7 Å². The van der Waals surface area contributed by atoms with Gasteiger partial charge in [-0.15, -0.1) is 0 Å². The van der Waals surface area contributed by atoms with Crippen LogP contribution in [0.5, 0.6) is 0 Å². The molecule has 16 heteroatoms. The number of piperazine rings is 1. The van der Waals surface area contributed by atoms with Gasteiger partial charge in [0.2, 0.25) is 5.78 Å². The number of rotatable bonds is 9. The number of hydrogen-bond donors (Lipinski definition) is 2. The SMILES string of the molecule is CCN(C)S(=O)(=O)Nc1ccc(F)c(C(=O)c2cn(C)c3ncc(-c4cnc(N5CCNCC5)c(S(C)(=O)=O)c4)cc23)c1F. The molecule has 1 aliphatic rings. The lowest BCUT2D eigenvalue weighted by Gasteiger charge is -2.29. The third-order valence-corrected chi connectivity index (χ3v) is 10.1. The van der Waals surface area contributed by atoms with Crippen molar-refractivity contribution < 1.29 is 30.4 Å². The maximum Gasteiger partial charge on any atom is 0.301 e. The van der Waals surface area contributed by atoms with Crippen LogP contribution in [-0.2, 0) is 27.1 Å². The Hall–Kier alpha value is -3.99. The number of sulfone groups is 1. The highest BCUT2D eigenvalue weighted by Gasteiger charge is 2.28. The predicted octanol–water partition coefficient (Wildman–Crippen LogP) is 2.57. The lowest BCUT2D eigenvalue weighted by atomic mass is 10.00. The maximum absolute atomic E-state index is 15.6. The molecule has 3 aromatic heterocycles. The summed E-state index contributed by atoms with van der Waals surface area (Å²) in [5.41, 5.74) is -0.453. The fourth-order valence-electron chi connectivity index (χ4n) is 4.94. The minimum Gasteiger partial charge on any atom is -0.353 e. The first-order valence-corrected chi connectivity index (χ1v) is 16.9. The number of pyridine rings is 2. The number of aromatic nitrogens is 3. The molecule has 0 atom stereocenters. The first-order chi connectivity index (χ1) is 20.7. The molecule has 1 aromatic carbocycles. The quantitative estimate of drug-likeness (QED) is 0.262. The van der Waals surface area contributed by atoms with Gasteiger partial charge < -0.3 is 14.8 Å². The van der Waals surface area contributed by atoms with Crippen molar-refractivity contribution in [3.8, 4) is 11.1 Å². The van der Waals surface area contributed by atoms with Crippen molar-refractivity contribution >= 4 is 48.4 Å². The van der Waals surface area contributed by atoms with E-state index in [0.717, 1.165) is 22.7 Å². The lowest BCUT2D eigenvalue weighted by molar-refractivity contribution is 0.103. The molecule has 0 spiro atoms. The molecule has 2 N–H and O–H groups in total. The van der Waals surface area contributed by atoms with E-state index in [9.17, 15) is 26.0 Å². The summed E-state index contributed by atoms with van der Waals surface area (Å²) >= 11 is 0. The predicted molar refractivity (Wildman–Crippen MR) is 163 cm³/mol. The maximum atomic E-state index is 15.6. The van der Waals surface area contributed by atoms with Crippen molar-refractivity contribution in [2.24, 2.45) is 7.05 Å². The van der Waals surface area contributed by atoms with Crippen LogP contribution in [0.2, 0.25) is 0 Å². The van der Waals surface area contributed by atoms with Gasteiger partial charge in [0.15, 0.2) is 15.7 Å². The fourth-order valence-corrected chi connectivity index (χ4v) is 6.73. The van der Waals surface area contributed by atoms with Gasteiger partial charge in [0.05, 0.1) is 11.3 Å². The Morgan fingerprint density at radius 1 is 1.07 bits per heavy atom. The topological polar surface area (TPSA) is 147 Å². The van der Waals surface area contributed by atoms with Crippen LogP contribution in [-0.4, -0.2) is 87.5 Å². The lowest BCUT2D eigenvalue weighted by Crippen LogP contribution is -2.44. The summed E-state index contributed by atoms with van der Waals surface area (Å²) in [6, 6.07) is 4.78. The van der Waals surface area contributed by atoms with E-state index in [2.05, 4.69) is 20.0 Å². The van der Waals surface area contributed by atoms with Gasteiger partial charge >= 0.3 is 10.2 Å². The zero-order valence-electron chi connectivity index (χ0n) is 24.4. The largest absolute Gasteiger partial charge is 0.353 e. The Morgan fingerprint density at radius 3 is 2.39 bits per heavy atom. The average Bonchev–Trinajstić information content (AvgIpc) is 3.33. The monoisotopic (exact) mass is 647 g/mol. The molecule has 4 aromatic rings. The van der Waals surface area contributed by atoms with Crippen molar-refractivity contribution in [2.75, 3.05) is 55.6 Å². The smallest absolute Gasteiger partial charge is 0.301 e. The van der Waals surface area contributed by atoms with Crippen molar-refractivity contribution in [3.05, 3.63) is 65.6 Å². The van der Waals surface area contributed by atoms with E-state index >= 15 is 4.39 Å². The Bertz CT molecular complexity index is 1990. The second-order valence-corrected chi connectivity index (χ2v) is 14.2. The summed E-state index contributed by atoms with van der Waals surface area (Å²) in [4.78, 5) is 24.5. The number of nitrogens with zero attached hydrogens (tertiary/aromatic N) is 5. The summed E-state index contributed by atoms with van der Waals surface area (Å²) in [6.07, 6.45) is 5.48. The molecule has 0 amide bonds. The third-order valence-electron chi connectivity index (χ3n) is 7.45. The molecule has 0 aliphatic carbocycles. The van der Waals surface area contributed by atoms with E-state index in [0.29, 0.717) is 48.8 Å². The molecule has 0 bridgehead atoms. The molecule has 1 aliphatic heterocycles. The van der Waals surface area contributed by atoms with Crippen LogP contribution in [0, 0.1) is 11.6 Å². The van der Waals surface area contributed by atoms with Crippen LogP contribution < -0.4 is 14.9 Å². The molecule has 12 nitrogen and oxygen atoms in total. The van der Waals surface area contributed by atoms with Gasteiger partial charge in [-0.25, -0.2) is 27.2 Å². The van der Waals surface area contributed by atoms with Gasteiger partial charge in [0.25, 0.3) is 0 Å². The number of anilines is 2. The normalized spacial score (nSPS) is 14.4. The summed E-state index contributed by atoms with van der Waals surface area (Å²) in [5.74, 6) is -3.23. The Morgan fingerprint density at radius 2 is 1.73 bits per heavy atom. The standard InChI is InChI=1S/C28H31F2N7O5S2/c1-5-36(3)44(41,42)34-22-7-6-21(29)24(25(22)30)26(38)20-16-35(2)27-19(20)12-17(14-32-27)18-13-23(43(4,39)40)28(33-15-18)37-10-8-31-9-11-37/h6-7,12-16,31,34H,5,8-11H2,1-4H3. The van der Waals surface area contributed by atoms with E-state index in [1.165, 1.54) is 36.3 Å². The van der Waals surface area contributed by atoms with Gasteiger partial charge in [-0.1, -0.05) is 6.92 Å². The van der Waals surface area contributed by atoms with Crippen molar-refractivity contribution in [1.82, 2.24) is 24.2 Å². The van der Waals surface area contributed by atoms with Crippen LogP contribution in [0.15, 0.2) is 47.8 Å². The number of ketones is 1. The van der Waals surface area contributed by atoms with Crippen molar-refractivity contribution in [1.29, 1.82) is 0 Å². The number of carbonyl (C=O) groups excluding carboxylic acids is 1. The third kappa shape index (κ3) is 5.89. The summed E-state index contributed by atoms with van der Waals surface area (Å²) in [6.45, 7) is 4.21. The van der Waals surface area contributed by atoms with Gasteiger partial charge in [0.1, 0.15) is 22.2 Å². The number of halogens is 2. The first kappa shape index (κ1) is 31.4. The van der Waals surface area contributed by atoms with Crippen molar-refractivity contribution in [2.45, 2.75) is 11.8 Å². The van der Waals surface area contributed by atoms with E-state index in [-0.39, 0.29) is 22.4 Å². The Kier molecular flexibility index (Phi) is 8.45. The molecule has 1 fully saturated rings. The number of benzene rings is 1. The van der Waals surface area contributed by atoms with Crippen LogP contribution >= 0.6 is 0 Å². The number of fused-ring (bicyclic) bond motifs is 1. The fraction of sp³-hybridized carbons (Fsp3) is 0.321. The number of carbonyl (C=O) groups is 1. The summed E-state index contributed by atoms with van der Waals surface area (Å²) in [5, 5.41) is 3.46. The zero-order valence-corrected chi connectivity index (χ0v) is 26.1. The van der Waals surface area contributed by atoms with Gasteiger partial charge in [-0.05, 0) is 24.3 Å². The summed E-state index contributed by atoms with van der Waals surface area (Å²) < 4.78 is 85.5. The second kappa shape index (κ2) is 11.8. The van der Waals surface area contributed by atoms with Crippen LogP contribution in [0.3, 0.4) is 0 Å². The van der Waals surface area contributed by atoms with E-state index in [1.54, 1.807) is 20.0 Å². The highest BCUT2D eigenvalue weighted by molar-refractivity contribution is 7.91. The van der Waals surface area contributed by atoms with Crippen LogP contribution in [0.1, 0.15) is 22.8 Å². The minimum atomic E-state index is -4.16. The van der Waals surface area contributed by atoms with Gasteiger partial charge in [0, 0.05) is 93.7 Å². The number of aryl methyl sites for hydroxylation is 1. The number of nitrogens with one attached hydrogen (secondary N) is 2. The molecular formula is C28H31F2N7O5S2. The molecule has 234 valence electrons. The Labute approximate surface area is 253 Å². The number of hydrogen-bond acceptors (Lipinski definition) is 9. The van der Waals surface area contributed by atoms with Crippen molar-refractivity contribution in [3.63, 3.8) is 0 Å². The Balaban J connectivity index is 1.59. The zero-order chi connectivity index (χ0) is 32.0. The van der Waals surface area contributed by atoms with Gasteiger partial charge in [-0.3, -0.25) is 9.52 Å². The average molecular weight is 648 g/mol. The minimum absolute atomic E-state index is 0.0403. The molecule has 0 unspecified atom stereocenters. The van der Waals surface area contributed by atoms with E-state index in [1.807, 2.05) is 4.90 Å². The molecule has 1 saturated heterocycles.